The third kappa shape index (κ3) is 3.68. The molecule has 1 saturated heterocycles. The van der Waals surface area contributed by atoms with E-state index in [1.54, 1.807) is 18.2 Å². The molecule has 1 fully saturated rings. The summed E-state index contributed by atoms with van der Waals surface area (Å²) in [7, 11) is -2.22. The SMILES string of the molecule is CN(Cc1ncc(C(=O)O)c(N2CCCC2)n1)S(=O)(=O)c1ccccc1. The van der Waals surface area contributed by atoms with Gasteiger partial charge < -0.3 is 10.0 Å². The van der Waals surface area contributed by atoms with Crippen molar-refractivity contribution in [2.75, 3.05) is 25.0 Å². The number of hydrogen-bond acceptors (Lipinski definition) is 6. The molecule has 1 aromatic carbocycles. The Hall–Kier alpha value is -2.52. The Morgan fingerprint density at radius 2 is 1.88 bits per heavy atom. The monoisotopic (exact) mass is 376 g/mol. The van der Waals surface area contributed by atoms with E-state index in [1.165, 1.54) is 25.4 Å². The summed E-state index contributed by atoms with van der Waals surface area (Å²) in [5.74, 6) is -0.479. The summed E-state index contributed by atoms with van der Waals surface area (Å²) < 4.78 is 26.4. The third-order valence-electron chi connectivity index (χ3n) is 4.27. The second kappa shape index (κ2) is 7.38. The lowest BCUT2D eigenvalue weighted by atomic mass is 10.3. The number of carboxylic acid groups (broad SMARTS) is 1. The van der Waals surface area contributed by atoms with Crippen LogP contribution in [-0.2, 0) is 16.6 Å². The number of benzene rings is 1. The molecule has 1 aliphatic rings. The van der Waals surface area contributed by atoms with E-state index in [4.69, 9.17) is 0 Å². The van der Waals surface area contributed by atoms with E-state index in [2.05, 4.69) is 9.97 Å². The molecule has 0 amide bonds. The lowest BCUT2D eigenvalue weighted by Gasteiger charge is -2.20. The largest absolute Gasteiger partial charge is 0.477 e. The summed E-state index contributed by atoms with van der Waals surface area (Å²) in [5.41, 5.74) is 0.0317. The molecule has 1 N–H and O–H groups in total. The molecule has 26 heavy (non-hydrogen) atoms. The predicted octanol–water partition coefficient (Wildman–Crippen LogP) is 1.60. The van der Waals surface area contributed by atoms with Gasteiger partial charge in [-0.15, -0.1) is 0 Å². The quantitative estimate of drug-likeness (QED) is 0.816. The van der Waals surface area contributed by atoms with Crippen molar-refractivity contribution in [3.05, 3.63) is 47.9 Å². The normalized spacial score (nSPS) is 14.8. The van der Waals surface area contributed by atoms with Crippen LogP contribution in [0, 0.1) is 0 Å². The van der Waals surface area contributed by atoms with Crippen molar-refractivity contribution in [2.45, 2.75) is 24.3 Å². The second-order valence-corrected chi connectivity index (χ2v) is 8.14. The van der Waals surface area contributed by atoms with Crippen LogP contribution in [0.3, 0.4) is 0 Å². The smallest absolute Gasteiger partial charge is 0.341 e. The van der Waals surface area contributed by atoms with E-state index < -0.39 is 16.0 Å². The summed E-state index contributed by atoms with van der Waals surface area (Å²) in [6.07, 6.45) is 3.20. The Balaban J connectivity index is 1.88. The van der Waals surface area contributed by atoms with Gasteiger partial charge in [0.25, 0.3) is 0 Å². The first-order valence-corrected chi connectivity index (χ1v) is 9.69. The molecule has 0 saturated carbocycles. The first-order chi connectivity index (χ1) is 12.4. The van der Waals surface area contributed by atoms with Crippen LogP contribution in [0.25, 0.3) is 0 Å². The fraction of sp³-hybridized carbons (Fsp3) is 0.353. The highest BCUT2D eigenvalue weighted by molar-refractivity contribution is 7.89. The predicted molar refractivity (Wildman–Crippen MR) is 95.5 cm³/mol. The van der Waals surface area contributed by atoms with Crippen LogP contribution in [0.2, 0.25) is 0 Å². The Labute approximate surface area is 152 Å². The van der Waals surface area contributed by atoms with Crippen LogP contribution in [-0.4, -0.2) is 53.9 Å². The number of hydrogen-bond donors (Lipinski definition) is 1. The van der Waals surface area contributed by atoms with Gasteiger partial charge in [-0.05, 0) is 25.0 Å². The van der Waals surface area contributed by atoms with Crippen LogP contribution in [0.5, 0.6) is 0 Å². The maximum atomic E-state index is 12.6. The second-order valence-electron chi connectivity index (χ2n) is 6.10. The number of carbonyl (C=O) groups is 1. The summed E-state index contributed by atoms with van der Waals surface area (Å²) in [6, 6.07) is 8.11. The van der Waals surface area contributed by atoms with Crippen LogP contribution < -0.4 is 4.90 Å². The molecule has 0 radical (unpaired) electrons. The molecule has 138 valence electrons. The van der Waals surface area contributed by atoms with Gasteiger partial charge in [0, 0.05) is 26.3 Å². The molecule has 8 nitrogen and oxygen atoms in total. The fourth-order valence-corrected chi connectivity index (χ4v) is 4.01. The van der Waals surface area contributed by atoms with Gasteiger partial charge in [-0.25, -0.2) is 23.2 Å². The molecule has 3 rings (SSSR count). The zero-order chi connectivity index (χ0) is 18.7. The van der Waals surface area contributed by atoms with Crippen molar-refractivity contribution in [1.82, 2.24) is 14.3 Å². The summed E-state index contributed by atoms with van der Waals surface area (Å²) in [4.78, 5) is 21.9. The van der Waals surface area contributed by atoms with Crippen molar-refractivity contribution in [3.8, 4) is 0 Å². The summed E-state index contributed by atoms with van der Waals surface area (Å²) in [5, 5.41) is 9.36. The van der Waals surface area contributed by atoms with Crippen molar-refractivity contribution in [3.63, 3.8) is 0 Å². The number of rotatable bonds is 6. The Kier molecular flexibility index (Phi) is 5.19. The first-order valence-electron chi connectivity index (χ1n) is 8.25. The van der Waals surface area contributed by atoms with Gasteiger partial charge in [0.1, 0.15) is 17.2 Å². The van der Waals surface area contributed by atoms with Gasteiger partial charge in [0.15, 0.2) is 0 Å². The van der Waals surface area contributed by atoms with Gasteiger partial charge in [-0.2, -0.15) is 4.31 Å². The molecular formula is C17H20N4O4S. The van der Waals surface area contributed by atoms with E-state index in [-0.39, 0.29) is 22.8 Å². The fourth-order valence-electron chi connectivity index (χ4n) is 2.86. The van der Waals surface area contributed by atoms with Gasteiger partial charge in [-0.3, -0.25) is 0 Å². The average Bonchev–Trinajstić information content (AvgIpc) is 3.16. The maximum absolute atomic E-state index is 12.6. The number of aromatic nitrogens is 2. The van der Waals surface area contributed by atoms with Gasteiger partial charge in [-0.1, -0.05) is 18.2 Å². The molecule has 2 heterocycles. The van der Waals surface area contributed by atoms with Crippen molar-refractivity contribution in [2.24, 2.45) is 0 Å². The molecule has 0 spiro atoms. The Morgan fingerprint density at radius 1 is 1.23 bits per heavy atom. The van der Waals surface area contributed by atoms with E-state index in [0.717, 1.165) is 30.2 Å². The highest BCUT2D eigenvalue weighted by atomic mass is 32.2. The van der Waals surface area contributed by atoms with Gasteiger partial charge >= 0.3 is 5.97 Å². The number of aromatic carboxylic acids is 1. The minimum atomic E-state index is -3.67. The molecule has 9 heteroatoms. The molecule has 0 atom stereocenters. The van der Waals surface area contributed by atoms with Crippen molar-refractivity contribution in [1.29, 1.82) is 0 Å². The average molecular weight is 376 g/mol. The van der Waals surface area contributed by atoms with Gasteiger partial charge in [0.2, 0.25) is 10.0 Å². The molecule has 0 unspecified atom stereocenters. The van der Waals surface area contributed by atoms with Crippen molar-refractivity contribution >= 4 is 21.8 Å². The van der Waals surface area contributed by atoms with Crippen LogP contribution >= 0.6 is 0 Å². The maximum Gasteiger partial charge on any atom is 0.341 e. The zero-order valence-electron chi connectivity index (χ0n) is 14.4. The van der Waals surface area contributed by atoms with Crippen molar-refractivity contribution < 1.29 is 18.3 Å². The number of nitrogens with zero attached hydrogens (tertiary/aromatic N) is 4. The van der Waals surface area contributed by atoms with E-state index in [1.807, 2.05) is 4.90 Å². The molecule has 2 aromatic rings. The molecular weight excluding hydrogens is 356 g/mol. The molecule has 1 aromatic heterocycles. The lowest BCUT2D eigenvalue weighted by Crippen LogP contribution is -2.28. The molecule has 1 aliphatic heterocycles. The van der Waals surface area contributed by atoms with E-state index >= 15 is 0 Å². The standard InChI is InChI=1S/C17H20N4O4S/c1-20(26(24,25)13-7-3-2-4-8-13)12-15-18-11-14(17(22)23)16(19-15)21-9-5-6-10-21/h2-4,7-8,11H,5-6,9-10,12H2,1H3,(H,22,23). The Bertz CT molecular complexity index is 896. The first kappa shape index (κ1) is 18.3. The summed E-state index contributed by atoms with van der Waals surface area (Å²) >= 11 is 0. The van der Waals surface area contributed by atoms with E-state index in [0.29, 0.717) is 5.82 Å². The minimum Gasteiger partial charge on any atom is -0.477 e. The highest BCUT2D eigenvalue weighted by Crippen LogP contribution is 2.23. The highest BCUT2D eigenvalue weighted by Gasteiger charge is 2.25. The minimum absolute atomic E-state index is 0.0317. The van der Waals surface area contributed by atoms with Crippen LogP contribution in [0.1, 0.15) is 29.0 Å². The third-order valence-corrected chi connectivity index (χ3v) is 6.09. The van der Waals surface area contributed by atoms with Gasteiger partial charge in [0.05, 0.1) is 11.4 Å². The molecule has 0 aliphatic carbocycles. The van der Waals surface area contributed by atoms with Crippen LogP contribution in [0.15, 0.2) is 41.4 Å². The number of sulfonamides is 1. The zero-order valence-corrected chi connectivity index (χ0v) is 15.2. The molecule has 0 bridgehead atoms. The number of anilines is 1. The topological polar surface area (TPSA) is 104 Å². The summed E-state index contributed by atoms with van der Waals surface area (Å²) in [6.45, 7) is 1.42. The lowest BCUT2D eigenvalue weighted by molar-refractivity contribution is 0.0696. The van der Waals surface area contributed by atoms with Crippen LogP contribution in [0.4, 0.5) is 5.82 Å². The van der Waals surface area contributed by atoms with E-state index in [9.17, 15) is 18.3 Å². The Morgan fingerprint density at radius 3 is 2.50 bits per heavy atom. The number of carboxylic acids is 1.